The Balaban J connectivity index is 1.60. The Kier molecular flexibility index (Phi) is 6.21. The molecule has 0 spiro atoms. The van der Waals surface area contributed by atoms with Gasteiger partial charge in [-0.3, -0.25) is 14.6 Å². The fourth-order valence-electron chi connectivity index (χ4n) is 4.78. The Morgan fingerprint density at radius 1 is 1.26 bits per heavy atom. The first-order valence-corrected chi connectivity index (χ1v) is 11.2. The van der Waals surface area contributed by atoms with E-state index >= 15 is 0 Å². The molecule has 3 atom stereocenters. The number of aromatic nitrogens is 1. The van der Waals surface area contributed by atoms with Gasteiger partial charge in [0, 0.05) is 37.9 Å². The Hall–Kier alpha value is -2.95. The molecule has 0 unspecified atom stereocenters. The molecule has 2 aliphatic rings. The minimum absolute atomic E-state index is 0.0167. The molecule has 0 radical (unpaired) electrons. The van der Waals surface area contributed by atoms with Crippen molar-refractivity contribution in [2.24, 2.45) is 17.3 Å². The van der Waals surface area contributed by atoms with Crippen molar-refractivity contribution in [1.82, 2.24) is 15.2 Å². The molecule has 1 aliphatic heterocycles. The van der Waals surface area contributed by atoms with Crippen LogP contribution in [-0.4, -0.2) is 41.3 Å². The highest BCUT2D eigenvalue weighted by Gasteiger charge is 2.47. The van der Waals surface area contributed by atoms with Gasteiger partial charge in [0.05, 0.1) is 5.41 Å². The van der Waals surface area contributed by atoms with Gasteiger partial charge in [0.2, 0.25) is 11.8 Å². The number of rotatable bonds is 7. The molecule has 1 saturated heterocycles. The van der Waals surface area contributed by atoms with Crippen molar-refractivity contribution in [2.45, 2.75) is 32.6 Å². The zero-order valence-corrected chi connectivity index (χ0v) is 18.2. The number of nitrogens with zero attached hydrogens (tertiary/aromatic N) is 2. The van der Waals surface area contributed by atoms with Crippen LogP contribution in [0.25, 0.3) is 11.1 Å². The molecule has 5 heteroatoms. The van der Waals surface area contributed by atoms with Gasteiger partial charge in [0.25, 0.3) is 0 Å². The van der Waals surface area contributed by atoms with Gasteiger partial charge >= 0.3 is 0 Å². The normalized spacial score (nSPS) is 25.0. The molecular weight excluding hydrogens is 386 g/mol. The lowest BCUT2D eigenvalue weighted by Crippen LogP contribution is -2.54. The second kappa shape index (κ2) is 9.04. The molecule has 1 aliphatic carbocycles. The van der Waals surface area contributed by atoms with Crippen LogP contribution in [0.2, 0.25) is 0 Å². The lowest BCUT2D eigenvalue weighted by atomic mass is 9.73. The highest BCUT2D eigenvalue weighted by atomic mass is 16.2. The van der Waals surface area contributed by atoms with E-state index in [0.29, 0.717) is 25.4 Å². The van der Waals surface area contributed by atoms with Crippen LogP contribution in [0.5, 0.6) is 0 Å². The summed E-state index contributed by atoms with van der Waals surface area (Å²) in [6, 6.07) is 12.3. The SMILES string of the molecule is C=CCNC(=O)[C@]1(Cc2cccc(-c3ccncc3)c2)CCCN(C(=O)[C@@H]2C[C@@H]2C)C1. The van der Waals surface area contributed by atoms with E-state index in [1.165, 1.54) is 0 Å². The summed E-state index contributed by atoms with van der Waals surface area (Å²) in [4.78, 5) is 32.4. The summed E-state index contributed by atoms with van der Waals surface area (Å²) >= 11 is 0. The van der Waals surface area contributed by atoms with E-state index in [4.69, 9.17) is 0 Å². The zero-order chi connectivity index (χ0) is 21.8. The molecule has 4 rings (SSSR count). The number of carbonyl (C=O) groups is 2. The Morgan fingerprint density at radius 3 is 2.74 bits per heavy atom. The van der Waals surface area contributed by atoms with Gasteiger partial charge < -0.3 is 10.2 Å². The summed E-state index contributed by atoms with van der Waals surface area (Å²) in [7, 11) is 0. The molecule has 0 bridgehead atoms. The lowest BCUT2D eigenvalue weighted by molar-refractivity contribution is -0.142. The topological polar surface area (TPSA) is 62.3 Å². The minimum atomic E-state index is -0.619. The number of benzene rings is 1. The number of pyridine rings is 1. The van der Waals surface area contributed by atoms with Crippen molar-refractivity contribution in [3.05, 3.63) is 67.0 Å². The van der Waals surface area contributed by atoms with Crippen molar-refractivity contribution in [1.29, 1.82) is 0 Å². The number of likely N-dealkylation sites (tertiary alicyclic amines) is 1. The molecule has 5 nitrogen and oxygen atoms in total. The molecule has 2 heterocycles. The maximum Gasteiger partial charge on any atom is 0.228 e. The van der Waals surface area contributed by atoms with E-state index in [-0.39, 0.29) is 17.7 Å². The number of hydrogen-bond donors (Lipinski definition) is 1. The molecule has 1 saturated carbocycles. The van der Waals surface area contributed by atoms with Crippen molar-refractivity contribution >= 4 is 11.8 Å². The predicted molar refractivity (Wildman–Crippen MR) is 122 cm³/mol. The van der Waals surface area contributed by atoms with Crippen LogP contribution in [-0.2, 0) is 16.0 Å². The van der Waals surface area contributed by atoms with Crippen molar-refractivity contribution in [2.75, 3.05) is 19.6 Å². The second-order valence-electron chi connectivity index (χ2n) is 9.07. The van der Waals surface area contributed by atoms with E-state index in [0.717, 1.165) is 42.5 Å². The van der Waals surface area contributed by atoms with Gasteiger partial charge in [-0.25, -0.2) is 0 Å². The smallest absolute Gasteiger partial charge is 0.228 e. The summed E-state index contributed by atoms with van der Waals surface area (Å²) in [5.74, 6) is 0.846. The van der Waals surface area contributed by atoms with Gasteiger partial charge in [-0.2, -0.15) is 0 Å². The van der Waals surface area contributed by atoms with E-state index in [1.807, 2.05) is 23.1 Å². The molecule has 1 N–H and O–H groups in total. The first-order chi connectivity index (χ1) is 15.0. The fourth-order valence-corrected chi connectivity index (χ4v) is 4.78. The zero-order valence-electron chi connectivity index (χ0n) is 18.2. The number of carbonyl (C=O) groups excluding carboxylic acids is 2. The van der Waals surface area contributed by atoms with Gasteiger partial charge in [-0.15, -0.1) is 6.58 Å². The highest BCUT2D eigenvalue weighted by Crippen LogP contribution is 2.42. The highest BCUT2D eigenvalue weighted by molar-refractivity contribution is 5.86. The van der Waals surface area contributed by atoms with E-state index in [1.54, 1.807) is 18.5 Å². The van der Waals surface area contributed by atoms with Crippen molar-refractivity contribution in [3.63, 3.8) is 0 Å². The van der Waals surface area contributed by atoms with Crippen LogP contribution in [0, 0.1) is 17.3 Å². The third-order valence-electron chi connectivity index (χ3n) is 6.69. The van der Waals surface area contributed by atoms with E-state index < -0.39 is 5.41 Å². The standard InChI is InChI=1S/C26H31N3O2/c1-3-11-28-25(31)26(10-5-14-29(18-26)24(30)23-15-19(23)2)17-20-6-4-7-22(16-20)21-8-12-27-13-9-21/h3-4,6-9,12-13,16,19,23H,1,5,10-11,14-15,17-18H2,2H3,(H,28,31)/t19-,23+,26-/m0/s1. The lowest BCUT2D eigenvalue weighted by Gasteiger charge is -2.42. The monoisotopic (exact) mass is 417 g/mol. The third-order valence-corrected chi connectivity index (χ3v) is 6.69. The third kappa shape index (κ3) is 4.71. The predicted octanol–water partition coefficient (Wildman–Crippen LogP) is 3.86. The maximum absolute atomic E-state index is 13.4. The largest absolute Gasteiger partial charge is 0.352 e. The van der Waals surface area contributed by atoms with Gasteiger partial charge in [-0.05, 0) is 60.4 Å². The second-order valence-corrected chi connectivity index (χ2v) is 9.07. The van der Waals surface area contributed by atoms with Gasteiger partial charge in [0.1, 0.15) is 0 Å². The van der Waals surface area contributed by atoms with Crippen LogP contribution in [0.1, 0.15) is 31.7 Å². The van der Waals surface area contributed by atoms with Crippen LogP contribution in [0.15, 0.2) is 61.4 Å². The van der Waals surface area contributed by atoms with Crippen LogP contribution in [0.4, 0.5) is 0 Å². The molecule has 2 fully saturated rings. The number of amides is 2. The van der Waals surface area contributed by atoms with Crippen LogP contribution < -0.4 is 5.32 Å². The molecule has 162 valence electrons. The van der Waals surface area contributed by atoms with Crippen molar-refractivity contribution < 1.29 is 9.59 Å². The first-order valence-electron chi connectivity index (χ1n) is 11.2. The first kappa shape index (κ1) is 21.3. The summed E-state index contributed by atoms with van der Waals surface area (Å²) in [5, 5.41) is 3.02. The van der Waals surface area contributed by atoms with Crippen LogP contribution >= 0.6 is 0 Å². The minimum Gasteiger partial charge on any atom is -0.352 e. The molecule has 2 aromatic rings. The number of piperidine rings is 1. The van der Waals surface area contributed by atoms with E-state index in [9.17, 15) is 9.59 Å². The number of nitrogens with one attached hydrogen (secondary N) is 1. The summed E-state index contributed by atoms with van der Waals surface area (Å²) in [5.41, 5.74) is 2.70. The Labute approximate surface area is 184 Å². The van der Waals surface area contributed by atoms with Crippen molar-refractivity contribution in [3.8, 4) is 11.1 Å². The molecule has 1 aromatic carbocycles. The average molecular weight is 418 g/mol. The molecular formula is C26H31N3O2. The summed E-state index contributed by atoms with van der Waals surface area (Å²) in [6.07, 6.45) is 8.48. The van der Waals surface area contributed by atoms with Gasteiger partial charge in [-0.1, -0.05) is 37.3 Å². The Morgan fingerprint density at radius 2 is 2.03 bits per heavy atom. The quantitative estimate of drug-likeness (QED) is 0.696. The fraction of sp³-hybridized carbons (Fsp3) is 0.423. The molecule has 1 aromatic heterocycles. The molecule has 31 heavy (non-hydrogen) atoms. The van der Waals surface area contributed by atoms with Gasteiger partial charge in [0.15, 0.2) is 0 Å². The Bertz CT molecular complexity index is 958. The number of hydrogen-bond acceptors (Lipinski definition) is 3. The molecule has 2 amide bonds. The summed E-state index contributed by atoms with van der Waals surface area (Å²) < 4.78 is 0. The van der Waals surface area contributed by atoms with Crippen LogP contribution in [0.3, 0.4) is 0 Å². The van der Waals surface area contributed by atoms with E-state index in [2.05, 4.69) is 42.0 Å². The maximum atomic E-state index is 13.4. The summed E-state index contributed by atoms with van der Waals surface area (Å²) in [6.45, 7) is 7.52. The average Bonchev–Trinajstić information content (AvgIpc) is 3.54.